The van der Waals surface area contributed by atoms with Crippen LogP contribution in [0, 0.1) is 5.92 Å². The smallest absolute Gasteiger partial charge is 0.407 e. The summed E-state index contributed by atoms with van der Waals surface area (Å²) in [5.41, 5.74) is 2.72. The van der Waals surface area contributed by atoms with Crippen molar-refractivity contribution in [2.45, 2.75) is 57.2 Å². The van der Waals surface area contributed by atoms with E-state index in [0.717, 1.165) is 27.3 Å². The van der Waals surface area contributed by atoms with E-state index in [-0.39, 0.29) is 18.9 Å². The molecule has 1 heterocycles. The summed E-state index contributed by atoms with van der Waals surface area (Å²) in [4.78, 5) is 24.8. The predicted molar refractivity (Wildman–Crippen MR) is 120 cm³/mol. The number of carboxylic acid groups (broad SMARTS) is 1. The second-order valence-electron chi connectivity index (χ2n) is 9.87. The highest BCUT2D eigenvalue weighted by Gasteiger charge is 2.55. The Morgan fingerprint density at radius 3 is 2.09 bits per heavy atom. The van der Waals surface area contributed by atoms with Crippen LogP contribution < -0.4 is 5.32 Å². The average molecular weight is 439 g/mol. The fourth-order valence-electron chi connectivity index (χ4n) is 5.55. The first kappa shape index (κ1) is 22.3. The zero-order chi connectivity index (χ0) is 23.3. The second kappa shape index (κ2) is 7.90. The number of piperidine rings is 1. The highest BCUT2D eigenvalue weighted by atomic mass is 16.5. The third-order valence-electron chi connectivity index (χ3n) is 6.92. The topological polar surface area (TPSA) is 99.1 Å². The van der Waals surface area contributed by atoms with E-state index in [1.54, 1.807) is 13.8 Å². The van der Waals surface area contributed by atoms with E-state index in [4.69, 9.17) is 4.74 Å². The normalized spacial score (nSPS) is 23.8. The van der Waals surface area contributed by atoms with Crippen molar-refractivity contribution < 1.29 is 24.6 Å². The molecule has 1 aliphatic heterocycles. The van der Waals surface area contributed by atoms with Gasteiger partial charge in [-0.2, -0.15) is 5.06 Å². The lowest BCUT2D eigenvalue weighted by Gasteiger charge is -2.54. The van der Waals surface area contributed by atoms with Crippen LogP contribution in [0.4, 0.5) is 4.79 Å². The second-order valence-corrected chi connectivity index (χ2v) is 9.87. The van der Waals surface area contributed by atoms with E-state index in [9.17, 15) is 19.9 Å². The molecule has 2 aliphatic rings. The number of ether oxygens (including phenoxy) is 1. The summed E-state index contributed by atoms with van der Waals surface area (Å²) in [5, 5.41) is 24.3. The van der Waals surface area contributed by atoms with Gasteiger partial charge in [-0.05, 0) is 56.4 Å². The Hall–Kier alpha value is -2.90. The Kier molecular flexibility index (Phi) is 5.51. The van der Waals surface area contributed by atoms with Crippen molar-refractivity contribution in [1.82, 2.24) is 10.4 Å². The molecule has 7 heteroatoms. The van der Waals surface area contributed by atoms with Crippen molar-refractivity contribution in [2.24, 2.45) is 5.92 Å². The molecule has 7 nitrogen and oxygen atoms in total. The van der Waals surface area contributed by atoms with Gasteiger partial charge in [0.05, 0.1) is 11.5 Å². The molecule has 2 aromatic rings. The first-order valence-corrected chi connectivity index (χ1v) is 10.9. The maximum atomic E-state index is 12.8. The maximum Gasteiger partial charge on any atom is 0.407 e. The van der Waals surface area contributed by atoms with Crippen LogP contribution in [-0.2, 0) is 9.53 Å². The standard InChI is InChI=1S/C25H30N2O5/c1-24(2)13-20(21(22(28)29)25(3,4)27(24)31)26-23(30)32-14-19-17-11-7-5-9-15(17)16-10-6-8-12-18(16)19/h5-12,19-21,31H,13-14H2,1-4H3,(H,26,30)(H,28,29)/t20-,21+/m0/s1. The molecule has 0 saturated carbocycles. The van der Waals surface area contributed by atoms with Crippen molar-refractivity contribution >= 4 is 12.1 Å². The number of rotatable bonds is 4. The summed E-state index contributed by atoms with van der Waals surface area (Å²) >= 11 is 0. The number of nitrogens with one attached hydrogen (secondary N) is 1. The molecule has 1 aliphatic carbocycles. The fraction of sp³-hybridized carbons (Fsp3) is 0.440. The number of hydrogen-bond donors (Lipinski definition) is 3. The van der Waals surface area contributed by atoms with Gasteiger partial charge in [0.1, 0.15) is 6.61 Å². The van der Waals surface area contributed by atoms with Gasteiger partial charge in [0.25, 0.3) is 0 Å². The molecule has 0 bridgehead atoms. The first-order valence-electron chi connectivity index (χ1n) is 10.9. The van der Waals surface area contributed by atoms with Crippen molar-refractivity contribution in [2.75, 3.05) is 6.61 Å². The summed E-state index contributed by atoms with van der Waals surface area (Å²) in [7, 11) is 0. The number of fused-ring (bicyclic) bond motifs is 3. The summed E-state index contributed by atoms with van der Waals surface area (Å²) in [6.07, 6.45) is -0.380. The van der Waals surface area contributed by atoms with Crippen LogP contribution in [0.2, 0.25) is 0 Å². The summed E-state index contributed by atoms with van der Waals surface area (Å²) < 4.78 is 5.61. The quantitative estimate of drug-likeness (QED) is 0.660. The Balaban J connectivity index is 1.50. The molecule has 32 heavy (non-hydrogen) atoms. The molecule has 2 atom stereocenters. The van der Waals surface area contributed by atoms with E-state index in [0.29, 0.717) is 0 Å². The molecule has 0 radical (unpaired) electrons. The zero-order valence-corrected chi connectivity index (χ0v) is 18.8. The monoisotopic (exact) mass is 438 g/mol. The van der Waals surface area contributed by atoms with Crippen LogP contribution in [0.15, 0.2) is 48.5 Å². The lowest BCUT2D eigenvalue weighted by Crippen LogP contribution is -2.69. The van der Waals surface area contributed by atoms with Gasteiger partial charge in [-0.15, -0.1) is 0 Å². The SMILES string of the molecule is CC1(C)C[C@H](NC(=O)OCC2c3ccccc3-c3ccccc32)[C@H](C(=O)O)C(C)(C)N1O. The number of carboxylic acids is 1. The number of hydrogen-bond acceptors (Lipinski definition) is 5. The molecular weight excluding hydrogens is 408 g/mol. The van der Waals surface area contributed by atoms with Crippen LogP contribution >= 0.6 is 0 Å². The minimum atomic E-state index is -1.08. The highest BCUT2D eigenvalue weighted by Crippen LogP contribution is 2.45. The van der Waals surface area contributed by atoms with Gasteiger partial charge in [0, 0.05) is 17.5 Å². The van der Waals surface area contributed by atoms with Crippen LogP contribution in [-0.4, -0.2) is 51.2 Å². The van der Waals surface area contributed by atoms with Crippen LogP contribution in [0.5, 0.6) is 0 Å². The first-order chi connectivity index (χ1) is 15.0. The molecule has 1 saturated heterocycles. The highest BCUT2D eigenvalue weighted by molar-refractivity contribution is 5.79. The fourth-order valence-corrected chi connectivity index (χ4v) is 5.55. The minimum Gasteiger partial charge on any atom is -0.481 e. The number of carbonyl (C=O) groups excluding carboxylic acids is 1. The maximum absolute atomic E-state index is 12.8. The molecule has 2 aromatic carbocycles. The third kappa shape index (κ3) is 3.65. The molecule has 0 spiro atoms. The van der Waals surface area contributed by atoms with Crippen LogP contribution in [0.25, 0.3) is 11.1 Å². The number of alkyl carbamates (subject to hydrolysis) is 1. The number of amides is 1. The van der Waals surface area contributed by atoms with Gasteiger partial charge in [-0.3, -0.25) is 4.79 Å². The molecule has 1 amide bonds. The van der Waals surface area contributed by atoms with E-state index in [2.05, 4.69) is 17.4 Å². The third-order valence-corrected chi connectivity index (χ3v) is 6.92. The lowest BCUT2D eigenvalue weighted by molar-refractivity contribution is -0.263. The molecule has 1 fully saturated rings. The van der Waals surface area contributed by atoms with Gasteiger partial charge in [0.15, 0.2) is 0 Å². The molecule has 0 unspecified atom stereocenters. The summed E-state index contributed by atoms with van der Waals surface area (Å²) in [6.45, 7) is 7.12. The molecule has 3 N–H and O–H groups in total. The Morgan fingerprint density at radius 1 is 1.03 bits per heavy atom. The molecule has 4 rings (SSSR count). The average Bonchev–Trinajstić information content (AvgIpc) is 3.04. The van der Waals surface area contributed by atoms with Gasteiger partial charge in [0.2, 0.25) is 0 Å². The number of hydroxylamine groups is 2. The Bertz CT molecular complexity index is 1000. The van der Waals surface area contributed by atoms with Crippen LogP contribution in [0.3, 0.4) is 0 Å². The predicted octanol–water partition coefficient (Wildman–Crippen LogP) is 4.25. The van der Waals surface area contributed by atoms with Crippen molar-refractivity contribution in [3.05, 3.63) is 59.7 Å². The number of nitrogens with zero attached hydrogens (tertiary/aromatic N) is 1. The number of carbonyl (C=O) groups is 2. The van der Waals surface area contributed by atoms with Crippen LogP contribution in [0.1, 0.15) is 51.2 Å². The largest absolute Gasteiger partial charge is 0.481 e. The van der Waals surface area contributed by atoms with Crippen molar-refractivity contribution in [1.29, 1.82) is 0 Å². The van der Waals surface area contributed by atoms with Gasteiger partial charge < -0.3 is 20.4 Å². The zero-order valence-electron chi connectivity index (χ0n) is 18.8. The van der Waals surface area contributed by atoms with E-state index in [1.807, 2.05) is 50.2 Å². The van der Waals surface area contributed by atoms with Gasteiger partial charge in [-0.1, -0.05) is 48.5 Å². The van der Waals surface area contributed by atoms with E-state index < -0.39 is 35.1 Å². The van der Waals surface area contributed by atoms with E-state index >= 15 is 0 Å². The van der Waals surface area contributed by atoms with Crippen molar-refractivity contribution in [3.63, 3.8) is 0 Å². The Labute approximate surface area is 188 Å². The van der Waals surface area contributed by atoms with Gasteiger partial charge in [-0.25, -0.2) is 4.79 Å². The van der Waals surface area contributed by atoms with E-state index in [1.165, 1.54) is 0 Å². The summed E-state index contributed by atoms with van der Waals surface area (Å²) in [5.74, 6) is -2.15. The minimum absolute atomic E-state index is 0.0735. The number of benzene rings is 2. The van der Waals surface area contributed by atoms with Crippen molar-refractivity contribution in [3.8, 4) is 11.1 Å². The molecule has 170 valence electrons. The summed E-state index contributed by atoms with van der Waals surface area (Å²) in [6, 6.07) is 15.5. The molecule has 0 aromatic heterocycles. The number of aliphatic carboxylic acids is 1. The van der Waals surface area contributed by atoms with Gasteiger partial charge >= 0.3 is 12.1 Å². The lowest BCUT2D eigenvalue weighted by atomic mass is 9.71. The Morgan fingerprint density at radius 2 is 1.56 bits per heavy atom. The molecular formula is C25H30N2O5.